The number of nitrogens with one attached hydrogen (secondary N) is 1. The maximum absolute atomic E-state index is 9.35. The summed E-state index contributed by atoms with van der Waals surface area (Å²) >= 11 is 0. The molecule has 0 saturated carbocycles. The largest absolute Gasteiger partial charge is 0.504 e. The highest BCUT2D eigenvalue weighted by atomic mass is 16.4. The number of benzene rings is 1. The van der Waals surface area contributed by atoms with Gasteiger partial charge in [0.2, 0.25) is 5.89 Å². The number of aromatic nitrogens is 1. The van der Waals surface area contributed by atoms with Crippen LogP contribution in [-0.2, 0) is 13.1 Å². The Labute approximate surface area is 105 Å². The van der Waals surface area contributed by atoms with Crippen LogP contribution in [-0.4, -0.2) is 15.2 Å². The zero-order valence-electron chi connectivity index (χ0n) is 10.4. The number of phenols is 2. The van der Waals surface area contributed by atoms with Crippen LogP contribution in [0.3, 0.4) is 0 Å². The molecule has 0 fully saturated rings. The minimum Gasteiger partial charge on any atom is -0.504 e. The first-order valence-electron chi connectivity index (χ1n) is 5.70. The second-order valence-electron chi connectivity index (χ2n) is 4.18. The molecule has 0 radical (unpaired) electrons. The lowest BCUT2D eigenvalue weighted by atomic mass is 10.2. The average Bonchev–Trinajstić information content (AvgIpc) is 2.63. The number of oxazole rings is 1. The zero-order chi connectivity index (χ0) is 13.1. The Kier molecular flexibility index (Phi) is 3.53. The van der Waals surface area contributed by atoms with Gasteiger partial charge in [-0.2, -0.15) is 0 Å². The second-order valence-corrected chi connectivity index (χ2v) is 4.18. The van der Waals surface area contributed by atoms with Crippen molar-refractivity contribution in [1.29, 1.82) is 0 Å². The maximum Gasteiger partial charge on any atom is 0.208 e. The first kappa shape index (κ1) is 12.4. The number of nitrogens with zero attached hydrogens (tertiary/aromatic N) is 1. The van der Waals surface area contributed by atoms with Gasteiger partial charge in [-0.15, -0.1) is 0 Å². The first-order valence-corrected chi connectivity index (χ1v) is 5.70. The van der Waals surface area contributed by atoms with Gasteiger partial charge in [0.05, 0.1) is 12.2 Å². The Morgan fingerprint density at radius 3 is 2.56 bits per heavy atom. The van der Waals surface area contributed by atoms with E-state index >= 15 is 0 Å². The van der Waals surface area contributed by atoms with Gasteiger partial charge in [0.1, 0.15) is 5.76 Å². The molecule has 3 N–H and O–H groups in total. The number of hydrogen-bond acceptors (Lipinski definition) is 5. The van der Waals surface area contributed by atoms with Crippen molar-refractivity contribution >= 4 is 0 Å². The molecule has 0 saturated heterocycles. The van der Waals surface area contributed by atoms with Gasteiger partial charge < -0.3 is 19.9 Å². The van der Waals surface area contributed by atoms with Crippen LogP contribution in [0.5, 0.6) is 11.5 Å². The van der Waals surface area contributed by atoms with Crippen molar-refractivity contribution in [1.82, 2.24) is 10.3 Å². The molecule has 1 aromatic carbocycles. The van der Waals surface area contributed by atoms with Crippen LogP contribution < -0.4 is 5.32 Å². The minimum atomic E-state index is -0.114. The number of rotatable bonds is 4. The Balaban J connectivity index is 1.90. The molecule has 1 heterocycles. The topological polar surface area (TPSA) is 78.5 Å². The van der Waals surface area contributed by atoms with Crippen molar-refractivity contribution in [2.24, 2.45) is 0 Å². The highest BCUT2D eigenvalue weighted by molar-refractivity contribution is 5.40. The van der Waals surface area contributed by atoms with Gasteiger partial charge in [-0.3, -0.25) is 0 Å². The van der Waals surface area contributed by atoms with Gasteiger partial charge in [-0.1, -0.05) is 6.07 Å². The molecule has 0 aliphatic rings. The van der Waals surface area contributed by atoms with E-state index in [1.54, 1.807) is 6.07 Å². The third kappa shape index (κ3) is 2.81. The van der Waals surface area contributed by atoms with Gasteiger partial charge in [0.15, 0.2) is 11.5 Å². The summed E-state index contributed by atoms with van der Waals surface area (Å²) in [7, 11) is 0. The number of aryl methyl sites for hydroxylation is 2. The van der Waals surface area contributed by atoms with Gasteiger partial charge >= 0.3 is 0 Å². The lowest BCUT2D eigenvalue weighted by Crippen LogP contribution is -2.12. The highest BCUT2D eigenvalue weighted by Gasteiger charge is 2.05. The first-order chi connectivity index (χ1) is 8.56. The lowest BCUT2D eigenvalue weighted by molar-refractivity contribution is 0.402. The monoisotopic (exact) mass is 248 g/mol. The van der Waals surface area contributed by atoms with Crippen molar-refractivity contribution in [3.05, 3.63) is 41.1 Å². The molecule has 2 rings (SSSR count). The average molecular weight is 248 g/mol. The summed E-state index contributed by atoms with van der Waals surface area (Å²) in [6, 6.07) is 4.73. The van der Waals surface area contributed by atoms with Crippen LogP contribution in [0.15, 0.2) is 22.6 Å². The quantitative estimate of drug-likeness (QED) is 0.721. The van der Waals surface area contributed by atoms with E-state index in [1.165, 1.54) is 12.1 Å². The summed E-state index contributed by atoms with van der Waals surface area (Å²) < 4.78 is 5.43. The molecular formula is C13H16N2O3. The molecule has 5 heteroatoms. The summed E-state index contributed by atoms with van der Waals surface area (Å²) in [6.45, 7) is 4.87. The van der Waals surface area contributed by atoms with E-state index in [9.17, 15) is 10.2 Å². The van der Waals surface area contributed by atoms with Crippen LogP contribution in [0.25, 0.3) is 0 Å². The summed E-state index contributed by atoms with van der Waals surface area (Å²) in [5, 5.41) is 21.7. The minimum absolute atomic E-state index is 0.113. The van der Waals surface area contributed by atoms with Gasteiger partial charge in [0.25, 0.3) is 0 Å². The fourth-order valence-corrected chi connectivity index (χ4v) is 1.61. The van der Waals surface area contributed by atoms with Crippen LogP contribution in [0.4, 0.5) is 0 Å². The van der Waals surface area contributed by atoms with Crippen molar-refractivity contribution in [2.45, 2.75) is 26.9 Å². The molecule has 0 aliphatic heterocycles. The van der Waals surface area contributed by atoms with Gasteiger partial charge in [-0.25, -0.2) is 4.98 Å². The van der Waals surface area contributed by atoms with E-state index in [2.05, 4.69) is 10.3 Å². The number of phenolic OH excluding ortho intramolecular Hbond substituents is 2. The Morgan fingerprint density at radius 1 is 1.17 bits per heavy atom. The lowest BCUT2D eigenvalue weighted by Gasteiger charge is -2.04. The van der Waals surface area contributed by atoms with E-state index in [0.717, 1.165) is 17.0 Å². The van der Waals surface area contributed by atoms with Crippen LogP contribution in [0.2, 0.25) is 0 Å². The summed E-state index contributed by atoms with van der Waals surface area (Å²) in [5.41, 5.74) is 1.78. The molecule has 0 spiro atoms. The van der Waals surface area contributed by atoms with Crippen molar-refractivity contribution in [3.63, 3.8) is 0 Å². The highest BCUT2D eigenvalue weighted by Crippen LogP contribution is 2.24. The van der Waals surface area contributed by atoms with Crippen LogP contribution >= 0.6 is 0 Å². The molecule has 96 valence electrons. The summed E-state index contributed by atoms with van der Waals surface area (Å²) in [6.07, 6.45) is 0. The maximum atomic E-state index is 9.35. The Hall–Kier alpha value is -2.01. The normalized spacial score (nSPS) is 10.8. The molecular weight excluding hydrogens is 232 g/mol. The smallest absolute Gasteiger partial charge is 0.208 e. The molecule has 5 nitrogen and oxygen atoms in total. The summed E-state index contributed by atoms with van der Waals surface area (Å²) in [5.74, 6) is 1.25. The number of hydrogen-bond donors (Lipinski definition) is 3. The van der Waals surface area contributed by atoms with E-state index < -0.39 is 0 Å². The Morgan fingerprint density at radius 2 is 1.94 bits per heavy atom. The molecule has 18 heavy (non-hydrogen) atoms. The molecule has 0 bridgehead atoms. The van der Waals surface area contributed by atoms with Crippen LogP contribution in [0.1, 0.15) is 22.9 Å². The number of aromatic hydroxyl groups is 2. The van der Waals surface area contributed by atoms with E-state index in [4.69, 9.17) is 4.42 Å². The van der Waals surface area contributed by atoms with Crippen LogP contribution in [0, 0.1) is 13.8 Å². The molecule has 2 aromatic rings. The zero-order valence-corrected chi connectivity index (χ0v) is 10.4. The fourth-order valence-electron chi connectivity index (χ4n) is 1.61. The summed E-state index contributed by atoms with van der Waals surface area (Å²) in [4.78, 5) is 4.25. The Bertz CT molecular complexity index is 530. The predicted octanol–water partition coefficient (Wildman–Crippen LogP) is 1.99. The van der Waals surface area contributed by atoms with E-state index in [0.29, 0.717) is 19.0 Å². The molecule has 0 amide bonds. The van der Waals surface area contributed by atoms with E-state index in [-0.39, 0.29) is 11.5 Å². The third-order valence-corrected chi connectivity index (χ3v) is 2.72. The van der Waals surface area contributed by atoms with Crippen molar-refractivity contribution < 1.29 is 14.6 Å². The SMILES string of the molecule is Cc1nc(CNCc2ccc(O)c(O)c2)oc1C. The molecule has 1 aromatic heterocycles. The predicted molar refractivity (Wildman–Crippen MR) is 66.3 cm³/mol. The van der Waals surface area contributed by atoms with Gasteiger partial charge in [-0.05, 0) is 31.5 Å². The fraction of sp³-hybridized carbons (Fsp3) is 0.308. The van der Waals surface area contributed by atoms with Crippen molar-refractivity contribution in [3.8, 4) is 11.5 Å². The molecule has 0 unspecified atom stereocenters. The molecule has 0 atom stereocenters. The second kappa shape index (κ2) is 5.10. The standard InChI is InChI=1S/C13H16N2O3/c1-8-9(2)18-13(15-8)7-14-6-10-3-4-11(16)12(17)5-10/h3-5,14,16-17H,6-7H2,1-2H3. The third-order valence-electron chi connectivity index (χ3n) is 2.72. The van der Waals surface area contributed by atoms with E-state index in [1.807, 2.05) is 13.8 Å². The molecule has 0 aliphatic carbocycles. The van der Waals surface area contributed by atoms with Crippen molar-refractivity contribution in [2.75, 3.05) is 0 Å². The van der Waals surface area contributed by atoms with Gasteiger partial charge in [0, 0.05) is 6.54 Å².